The molecular formula is C22H17F2N7O3S. The number of benzene rings is 1. The normalized spacial score (nSPS) is 13.3. The lowest BCUT2D eigenvalue weighted by atomic mass is 10.0. The average molecular weight is 497 g/mol. The van der Waals surface area contributed by atoms with Crippen molar-refractivity contribution in [2.45, 2.75) is 18.0 Å². The molecule has 1 aromatic carbocycles. The van der Waals surface area contributed by atoms with Gasteiger partial charge in [0.25, 0.3) is 0 Å². The van der Waals surface area contributed by atoms with E-state index in [1.54, 1.807) is 10.5 Å². The molecule has 0 amide bonds. The molecule has 0 bridgehead atoms. The van der Waals surface area contributed by atoms with Gasteiger partial charge in [0.2, 0.25) is 5.95 Å². The first kappa shape index (κ1) is 21.4. The van der Waals surface area contributed by atoms with E-state index in [4.69, 9.17) is 4.74 Å². The summed E-state index contributed by atoms with van der Waals surface area (Å²) >= 11 is 0. The number of hydrogen-bond acceptors (Lipinski definition) is 8. The lowest BCUT2D eigenvalue weighted by Crippen LogP contribution is -2.10. The van der Waals surface area contributed by atoms with Gasteiger partial charge < -0.3 is 10.1 Å². The number of nitrogens with one attached hydrogen (secondary N) is 1. The average Bonchev–Trinajstić information content (AvgIpc) is 3.56. The number of anilines is 1. The molecule has 0 unspecified atom stereocenters. The highest BCUT2D eigenvalue weighted by molar-refractivity contribution is 7.90. The Morgan fingerprint density at radius 1 is 1.11 bits per heavy atom. The first-order valence-electron chi connectivity index (χ1n) is 10.5. The SMILES string of the molecule is CS(=O)(=O)c1cnc2c(-c3cnc(NCc4c(F)ccc5c4CCO5)n4cnnc34)cc(F)cn12. The summed E-state index contributed by atoms with van der Waals surface area (Å²) in [5.74, 6) is 0.00824. The maximum Gasteiger partial charge on any atom is 0.210 e. The summed E-state index contributed by atoms with van der Waals surface area (Å²) < 4.78 is 61.5. The predicted octanol–water partition coefficient (Wildman–Crippen LogP) is 2.67. The van der Waals surface area contributed by atoms with Gasteiger partial charge in [0.15, 0.2) is 20.5 Å². The van der Waals surface area contributed by atoms with Gasteiger partial charge in [-0.15, -0.1) is 10.2 Å². The van der Waals surface area contributed by atoms with Crippen molar-refractivity contribution in [3.8, 4) is 16.9 Å². The van der Waals surface area contributed by atoms with E-state index in [-0.39, 0.29) is 23.0 Å². The van der Waals surface area contributed by atoms with Gasteiger partial charge in [-0.05, 0) is 18.2 Å². The van der Waals surface area contributed by atoms with Crippen molar-refractivity contribution in [1.29, 1.82) is 0 Å². The first-order chi connectivity index (χ1) is 16.8. The number of ether oxygens (including phenoxy) is 1. The lowest BCUT2D eigenvalue weighted by molar-refractivity contribution is 0.356. The van der Waals surface area contributed by atoms with Crippen LogP contribution in [0.5, 0.6) is 5.75 Å². The third-order valence-electron chi connectivity index (χ3n) is 5.91. The van der Waals surface area contributed by atoms with E-state index in [0.29, 0.717) is 47.1 Å². The van der Waals surface area contributed by atoms with E-state index in [9.17, 15) is 17.2 Å². The number of rotatable bonds is 5. The topological polar surface area (TPSA) is 116 Å². The molecule has 1 aliphatic rings. The highest BCUT2D eigenvalue weighted by Gasteiger charge is 2.22. The second-order valence-corrected chi connectivity index (χ2v) is 10.1. The molecule has 1 aliphatic heterocycles. The number of fused-ring (bicyclic) bond motifs is 3. The van der Waals surface area contributed by atoms with Gasteiger partial charge in [-0.2, -0.15) is 0 Å². The summed E-state index contributed by atoms with van der Waals surface area (Å²) in [6, 6.07) is 4.23. The lowest BCUT2D eigenvalue weighted by Gasteiger charge is -2.13. The molecule has 0 radical (unpaired) electrons. The van der Waals surface area contributed by atoms with Crippen LogP contribution < -0.4 is 10.1 Å². The maximum atomic E-state index is 14.5. The molecule has 0 saturated heterocycles. The Morgan fingerprint density at radius 3 is 2.80 bits per heavy atom. The van der Waals surface area contributed by atoms with Crippen molar-refractivity contribution < 1.29 is 21.9 Å². The van der Waals surface area contributed by atoms with Crippen LogP contribution in [-0.4, -0.2) is 50.2 Å². The van der Waals surface area contributed by atoms with E-state index >= 15 is 0 Å². The minimum absolute atomic E-state index is 0.140. The standard InChI is InChI=1S/C22H17F2N7O3S/c1-35(32,33)19-9-25-20-14(6-12(23)10-30(19)20)16-8-27-22(31-11-28-29-21(16)31)26-7-15-13-4-5-34-18(13)3-2-17(15)24/h2-3,6,8-11H,4-5,7H2,1H3,(H,26,27). The summed E-state index contributed by atoms with van der Waals surface area (Å²) in [5.41, 5.74) is 2.55. The van der Waals surface area contributed by atoms with E-state index < -0.39 is 15.7 Å². The molecule has 6 rings (SSSR count). The van der Waals surface area contributed by atoms with Crippen LogP contribution in [-0.2, 0) is 22.8 Å². The Kier molecular flexibility index (Phi) is 4.71. The Labute approximate surface area is 197 Å². The Hall–Kier alpha value is -4.13. The van der Waals surface area contributed by atoms with Gasteiger partial charge in [-0.25, -0.2) is 27.2 Å². The fourth-order valence-corrected chi connectivity index (χ4v) is 5.06. The zero-order valence-corrected chi connectivity index (χ0v) is 19.1. The number of aromatic nitrogens is 6. The van der Waals surface area contributed by atoms with Gasteiger partial charge in [-0.3, -0.25) is 8.80 Å². The van der Waals surface area contributed by atoms with Gasteiger partial charge in [0, 0.05) is 53.9 Å². The number of sulfone groups is 1. The third kappa shape index (κ3) is 3.46. The zero-order chi connectivity index (χ0) is 24.3. The van der Waals surface area contributed by atoms with Gasteiger partial charge >= 0.3 is 0 Å². The number of nitrogens with zero attached hydrogens (tertiary/aromatic N) is 6. The van der Waals surface area contributed by atoms with Crippen LogP contribution in [0.3, 0.4) is 0 Å². The Balaban J connectivity index is 1.43. The maximum absolute atomic E-state index is 14.5. The number of hydrogen-bond donors (Lipinski definition) is 1. The Morgan fingerprint density at radius 2 is 1.97 bits per heavy atom. The van der Waals surface area contributed by atoms with Gasteiger partial charge in [0.05, 0.1) is 12.8 Å². The van der Waals surface area contributed by atoms with Crippen molar-refractivity contribution in [1.82, 2.24) is 29.0 Å². The molecule has 13 heteroatoms. The molecule has 0 saturated carbocycles. The van der Waals surface area contributed by atoms with Crippen LogP contribution >= 0.6 is 0 Å². The number of pyridine rings is 1. The molecule has 178 valence electrons. The van der Waals surface area contributed by atoms with E-state index in [2.05, 4.69) is 25.5 Å². The smallest absolute Gasteiger partial charge is 0.210 e. The molecule has 10 nitrogen and oxygen atoms in total. The first-order valence-corrected chi connectivity index (χ1v) is 12.4. The quantitative estimate of drug-likeness (QED) is 0.394. The minimum Gasteiger partial charge on any atom is -0.493 e. The largest absolute Gasteiger partial charge is 0.493 e. The molecular weight excluding hydrogens is 480 g/mol. The fraction of sp³-hybridized carbons (Fsp3) is 0.182. The predicted molar refractivity (Wildman–Crippen MR) is 121 cm³/mol. The van der Waals surface area contributed by atoms with E-state index in [1.807, 2.05) is 0 Å². The number of halogens is 2. The van der Waals surface area contributed by atoms with Crippen LogP contribution in [0.15, 0.2) is 48.1 Å². The van der Waals surface area contributed by atoms with Crippen LogP contribution in [0.1, 0.15) is 11.1 Å². The van der Waals surface area contributed by atoms with Crippen molar-refractivity contribution >= 4 is 27.1 Å². The fourth-order valence-electron chi connectivity index (χ4n) is 4.32. The molecule has 1 N–H and O–H groups in total. The number of imidazole rings is 1. The molecule has 4 aromatic heterocycles. The third-order valence-corrected chi connectivity index (χ3v) is 6.97. The van der Waals surface area contributed by atoms with Crippen LogP contribution in [0.2, 0.25) is 0 Å². The molecule has 0 fully saturated rings. The van der Waals surface area contributed by atoms with Crippen LogP contribution in [0, 0.1) is 11.6 Å². The van der Waals surface area contributed by atoms with E-state index in [0.717, 1.165) is 18.0 Å². The summed E-state index contributed by atoms with van der Waals surface area (Å²) in [7, 11) is -3.65. The molecule has 0 atom stereocenters. The summed E-state index contributed by atoms with van der Waals surface area (Å²) in [6.45, 7) is 0.658. The zero-order valence-electron chi connectivity index (χ0n) is 18.2. The van der Waals surface area contributed by atoms with Crippen molar-refractivity contribution in [3.05, 3.63) is 65.9 Å². The molecule has 5 heterocycles. The molecule has 0 spiro atoms. The molecule has 0 aliphatic carbocycles. The molecule has 5 aromatic rings. The van der Waals surface area contributed by atoms with Gasteiger partial charge in [0.1, 0.15) is 29.4 Å². The second-order valence-electron chi connectivity index (χ2n) is 8.11. The van der Waals surface area contributed by atoms with Crippen LogP contribution in [0.4, 0.5) is 14.7 Å². The second kappa shape index (κ2) is 7.70. The van der Waals surface area contributed by atoms with Gasteiger partial charge in [-0.1, -0.05) is 0 Å². The highest BCUT2D eigenvalue weighted by Crippen LogP contribution is 2.32. The summed E-state index contributed by atoms with van der Waals surface area (Å²) in [4.78, 5) is 8.62. The molecule has 35 heavy (non-hydrogen) atoms. The minimum atomic E-state index is -3.65. The van der Waals surface area contributed by atoms with Crippen molar-refractivity contribution in [3.63, 3.8) is 0 Å². The van der Waals surface area contributed by atoms with Crippen molar-refractivity contribution in [2.75, 3.05) is 18.2 Å². The van der Waals surface area contributed by atoms with Crippen LogP contribution in [0.25, 0.3) is 22.4 Å². The highest BCUT2D eigenvalue weighted by atomic mass is 32.2. The monoisotopic (exact) mass is 497 g/mol. The summed E-state index contributed by atoms with van der Waals surface area (Å²) in [6.07, 6.45) is 6.76. The Bertz CT molecular complexity index is 1750. The van der Waals surface area contributed by atoms with Crippen molar-refractivity contribution in [2.24, 2.45) is 0 Å². The van der Waals surface area contributed by atoms with E-state index in [1.165, 1.54) is 35.3 Å². The summed E-state index contributed by atoms with van der Waals surface area (Å²) in [5, 5.41) is 11.1.